The molecule has 2 aromatic rings. The smallest absolute Gasteiger partial charge is 0.137 e. The molecule has 0 atom stereocenters. The van der Waals surface area contributed by atoms with Gasteiger partial charge in [-0.05, 0) is 24.3 Å². The second-order valence-electron chi connectivity index (χ2n) is 2.96. The molecule has 0 saturated heterocycles. The van der Waals surface area contributed by atoms with Crippen molar-refractivity contribution in [1.82, 2.24) is 9.55 Å². The Morgan fingerprint density at radius 1 is 1.40 bits per heavy atom. The van der Waals surface area contributed by atoms with Crippen molar-refractivity contribution in [2.75, 3.05) is 0 Å². The summed E-state index contributed by atoms with van der Waals surface area (Å²) in [4.78, 5) is 4.52. The Morgan fingerprint density at radius 2 is 2.20 bits per heavy atom. The largest absolute Gasteiger partial charge is 0.388 e. The highest BCUT2D eigenvalue weighted by molar-refractivity contribution is 7.80. The van der Waals surface area contributed by atoms with Crippen LogP contribution in [0.5, 0.6) is 0 Å². The normalized spacial score (nSPS) is 10.2. The Kier molecular flexibility index (Phi) is 2.70. The monoisotopic (exact) mass is 237 g/mol. The highest BCUT2D eigenvalue weighted by atomic mass is 35.5. The molecule has 0 fully saturated rings. The third kappa shape index (κ3) is 2.00. The lowest BCUT2D eigenvalue weighted by molar-refractivity contribution is 0.997. The van der Waals surface area contributed by atoms with Gasteiger partial charge in [-0.15, -0.1) is 0 Å². The fourth-order valence-electron chi connectivity index (χ4n) is 1.29. The van der Waals surface area contributed by atoms with E-state index in [-0.39, 0.29) is 0 Å². The van der Waals surface area contributed by atoms with Crippen LogP contribution >= 0.6 is 23.8 Å². The molecule has 0 spiro atoms. The number of thiocarbonyl (C=S) groups is 1. The van der Waals surface area contributed by atoms with E-state index in [0.717, 1.165) is 11.5 Å². The zero-order valence-electron chi connectivity index (χ0n) is 7.72. The Balaban J connectivity index is 2.49. The van der Waals surface area contributed by atoms with E-state index >= 15 is 0 Å². The van der Waals surface area contributed by atoms with Gasteiger partial charge in [0.15, 0.2) is 0 Å². The number of nitrogens with zero attached hydrogens (tertiary/aromatic N) is 2. The summed E-state index contributed by atoms with van der Waals surface area (Å²) < 4.78 is 1.82. The molecule has 0 saturated carbocycles. The van der Waals surface area contributed by atoms with Gasteiger partial charge in [-0.1, -0.05) is 23.8 Å². The maximum Gasteiger partial charge on any atom is 0.137 e. The Hall–Kier alpha value is -1.39. The van der Waals surface area contributed by atoms with Crippen molar-refractivity contribution in [3.8, 4) is 5.82 Å². The average molecular weight is 238 g/mol. The van der Waals surface area contributed by atoms with Crippen LogP contribution in [0, 0.1) is 0 Å². The number of hydrogen-bond donors (Lipinski definition) is 1. The van der Waals surface area contributed by atoms with Gasteiger partial charge in [0.05, 0.1) is 10.7 Å². The first kappa shape index (κ1) is 10.1. The molecule has 2 aromatic heterocycles. The van der Waals surface area contributed by atoms with Crippen molar-refractivity contribution in [3.05, 3.63) is 47.4 Å². The van der Waals surface area contributed by atoms with Gasteiger partial charge in [0.1, 0.15) is 10.8 Å². The van der Waals surface area contributed by atoms with Crippen LogP contribution < -0.4 is 5.73 Å². The van der Waals surface area contributed by atoms with Crippen LogP contribution in [-0.4, -0.2) is 14.5 Å². The summed E-state index contributed by atoms with van der Waals surface area (Å²) in [5, 5.41) is 0.600. The van der Waals surface area contributed by atoms with Crippen LogP contribution in [0.3, 0.4) is 0 Å². The van der Waals surface area contributed by atoms with Crippen molar-refractivity contribution in [3.63, 3.8) is 0 Å². The summed E-state index contributed by atoms with van der Waals surface area (Å²) in [7, 11) is 0. The molecule has 2 N–H and O–H groups in total. The van der Waals surface area contributed by atoms with E-state index in [4.69, 9.17) is 29.6 Å². The first-order chi connectivity index (χ1) is 7.18. The number of hydrogen-bond acceptors (Lipinski definition) is 2. The fraction of sp³-hybridized carbons (Fsp3) is 0. The van der Waals surface area contributed by atoms with Crippen molar-refractivity contribution in [1.29, 1.82) is 0 Å². The molecular weight excluding hydrogens is 230 g/mol. The quantitative estimate of drug-likeness (QED) is 0.815. The first-order valence-corrected chi connectivity index (χ1v) is 5.06. The molecule has 0 aliphatic carbocycles. The zero-order chi connectivity index (χ0) is 10.8. The summed E-state index contributed by atoms with van der Waals surface area (Å²) in [5.74, 6) is 0.743. The van der Waals surface area contributed by atoms with Gasteiger partial charge in [-0.2, -0.15) is 0 Å². The molecule has 0 bridgehead atoms. The third-order valence-electron chi connectivity index (χ3n) is 1.96. The van der Waals surface area contributed by atoms with Crippen LogP contribution in [-0.2, 0) is 0 Å². The number of nitrogens with two attached hydrogens (primary N) is 1. The van der Waals surface area contributed by atoms with Crippen LogP contribution in [0.4, 0.5) is 0 Å². The molecule has 0 aromatic carbocycles. The Morgan fingerprint density at radius 3 is 2.80 bits per heavy atom. The van der Waals surface area contributed by atoms with Gasteiger partial charge in [0.25, 0.3) is 0 Å². The third-order valence-corrected chi connectivity index (χ3v) is 2.39. The van der Waals surface area contributed by atoms with Crippen LogP contribution in [0.2, 0.25) is 5.02 Å². The molecule has 0 unspecified atom stereocenters. The van der Waals surface area contributed by atoms with E-state index in [0.29, 0.717) is 10.0 Å². The molecule has 76 valence electrons. The Bertz CT molecular complexity index is 490. The predicted octanol–water partition coefficient (Wildman–Crippen LogP) is 2.16. The molecule has 3 nitrogen and oxygen atoms in total. The SMILES string of the molecule is NC(=S)c1cccn1-c1ccc(Cl)cn1. The molecule has 0 aliphatic heterocycles. The van der Waals surface area contributed by atoms with Gasteiger partial charge in [-0.25, -0.2) is 4.98 Å². The fourth-order valence-corrected chi connectivity index (χ4v) is 1.57. The van der Waals surface area contributed by atoms with Crippen molar-refractivity contribution >= 4 is 28.8 Å². The van der Waals surface area contributed by atoms with Crippen LogP contribution in [0.25, 0.3) is 5.82 Å². The Labute approximate surface area is 97.5 Å². The second-order valence-corrected chi connectivity index (χ2v) is 3.84. The number of rotatable bonds is 2. The maximum atomic E-state index is 5.75. The molecule has 15 heavy (non-hydrogen) atoms. The summed E-state index contributed by atoms with van der Waals surface area (Å²) in [6, 6.07) is 7.29. The molecule has 2 heterocycles. The molecule has 0 amide bonds. The van der Waals surface area contributed by atoms with Gasteiger partial charge in [0, 0.05) is 12.4 Å². The van der Waals surface area contributed by atoms with Gasteiger partial charge >= 0.3 is 0 Å². The molecule has 0 radical (unpaired) electrons. The van der Waals surface area contributed by atoms with Crippen molar-refractivity contribution < 1.29 is 0 Å². The minimum atomic E-state index is 0.344. The van der Waals surface area contributed by atoms with Crippen molar-refractivity contribution in [2.24, 2.45) is 5.73 Å². The second kappa shape index (κ2) is 4.00. The van der Waals surface area contributed by atoms with E-state index in [2.05, 4.69) is 4.98 Å². The highest BCUT2D eigenvalue weighted by Gasteiger charge is 2.05. The van der Waals surface area contributed by atoms with E-state index in [1.165, 1.54) is 0 Å². The van der Waals surface area contributed by atoms with Crippen LogP contribution in [0.1, 0.15) is 5.69 Å². The summed E-state index contributed by atoms with van der Waals surface area (Å²) >= 11 is 10.7. The van der Waals surface area contributed by atoms with Gasteiger partial charge in [0.2, 0.25) is 0 Å². The lowest BCUT2D eigenvalue weighted by Gasteiger charge is -2.06. The predicted molar refractivity (Wildman–Crippen MR) is 64.5 cm³/mol. The van der Waals surface area contributed by atoms with Gasteiger partial charge < -0.3 is 5.73 Å². The summed E-state index contributed by atoms with van der Waals surface area (Å²) in [5.41, 5.74) is 6.35. The van der Waals surface area contributed by atoms with Gasteiger partial charge in [-0.3, -0.25) is 4.57 Å². The number of pyridine rings is 1. The molecular formula is C10H8ClN3S. The highest BCUT2D eigenvalue weighted by Crippen LogP contribution is 2.13. The molecule has 5 heteroatoms. The minimum Gasteiger partial charge on any atom is -0.388 e. The zero-order valence-corrected chi connectivity index (χ0v) is 9.29. The van der Waals surface area contributed by atoms with E-state index in [1.807, 2.05) is 29.0 Å². The molecule has 2 rings (SSSR count). The van der Waals surface area contributed by atoms with E-state index < -0.39 is 0 Å². The topological polar surface area (TPSA) is 43.8 Å². The standard InChI is InChI=1S/C10H8ClN3S/c11-7-3-4-9(13-6-7)14-5-1-2-8(14)10(12)15/h1-6H,(H2,12,15). The average Bonchev–Trinajstić information content (AvgIpc) is 2.67. The minimum absolute atomic E-state index is 0.344. The van der Waals surface area contributed by atoms with E-state index in [1.54, 1.807) is 12.3 Å². The molecule has 0 aliphatic rings. The maximum absolute atomic E-state index is 5.75. The number of halogens is 1. The van der Waals surface area contributed by atoms with E-state index in [9.17, 15) is 0 Å². The van der Waals surface area contributed by atoms with Crippen molar-refractivity contribution in [2.45, 2.75) is 0 Å². The lowest BCUT2D eigenvalue weighted by Crippen LogP contribution is -2.14. The lowest BCUT2D eigenvalue weighted by atomic mass is 10.4. The summed E-state index contributed by atoms with van der Waals surface area (Å²) in [6.07, 6.45) is 3.44. The first-order valence-electron chi connectivity index (χ1n) is 4.27. The summed E-state index contributed by atoms with van der Waals surface area (Å²) in [6.45, 7) is 0. The van der Waals surface area contributed by atoms with Crippen LogP contribution in [0.15, 0.2) is 36.7 Å². The number of aromatic nitrogens is 2.